The highest BCUT2D eigenvalue weighted by Crippen LogP contribution is 2.30. The van der Waals surface area contributed by atoms with E-state index in [0.717, 1.165) is 11.1 Å². The summed E-state index contributed by atoms with van der Waals surface area (Å²) in [6.07, 6.45) is 4.66. The fourth-order valence-electron chi connectivity index (χ4n) is 3.29. The summed E-state index contributed by atoms with van der Waals surface area (Å²) in [6.45, 7) is 2.85. The third-order valence-corrected chi connectivity index (χ3v) is 4.83. The van der Waals surface area contributed by atoms with Gasteiger partial charge in [-0.2, -0.15) is 5.10 Å². The van der Waals surface area contributed by atoms with E-state index in [2.05, 4.69) is 39.8 Å². The monoisotopic (exact) mass is 425 g/mol. The minimum Gasteiger partial charge on any atom is -0.490 e. The van der Waals surface area contributed by atoms with Gasteiger partial charge in [0.05, 0.1) is 18.4 Å². The zero-order valence-electron chi connectivity index (χ0n) is 17.7. The van der Waals surface area contributed by atoms with Gasteiger partial charge >= 0.3 is 0 Å². The molecule has 32 heavy (non-hydrogen) atoms. The Kier molecular flexibility index (Phi) is 6.72. The van der Waals surface area contributed by atoms with Gasteiger partial charge in [0.15, 0.2) is 11.5 Å². The maximum Gasteiger partial charge on any atom is 0.272 e. The summed E-state index contributed by atoms with van der Waals surface area (Å²) in [4.78, 5) is 16.0. The predicted octanol–water partition coefficient (Wildman–Crippen LogP) is 4.98. The van der Waals surface area contributed by atoms with Crippen LogP contribution in [0, 0.1) is 0 Å². The molecule has 0 unspecified atom stereocenters. The van der Waals surface area contributed by atoms with Crippen LogP contribution in [0.4, 0.5) is 0 Å². The van der Waals surface area contributed by atoms with E-state index < -0.39 is 0 Å². The average Bonchev–Trinajstić information content (AvgIpc) is 2.84. The van der Waals surface area contributed by atoms with E-state index in [0.29, 0.717) is 30.3 Å². The highest BCUT2D eigenvalue weighted by Gasteiger charge is 2.08. The first kappa shape index (κ1) is 21.1. The van der Waals surface area contributed by atoms with Gasteiger partial charge in [0.2, 0.25) is 0 Å². The maximum atomic E-state index is 12.1. The predicted molar refractivity (Wildman–Crippen MR) is 125 cm³/mol. The molecule has 0 aliphatic rings. The van der Waals surface area contributed by atoms with Crippen molar-refractivity contribution in [3.63, 3.8) is 0 Å². The number of amides is 1. The molecule has 1 aromatic heterocycles. The van der Waals surface area contributed by atoms with Gasteiger partial charge in [0, 0.05) is 12.4 Å². The van der Waals surface area contributed by atoms with E-state index in [1.807, 2.05) is 43.3 Å². The lowest BCUT2D eigenvalue weighted by molar-refractivity contribution is 0.0955. The molecule has 160 valence electrons. The van der Waals surface area contributed by atoms with Crippen molar-refractivity contribution < 1.29 is 14.3 Å². The van der Waals surface area contributed by atoms with E-state index >= 15 is 0 Å². The van der Waals surface area contributed by atoms with Crippen molar-refractivity contribution in [1.82, 2.24) is 10.4 Å². The Morgan fingerprint density at radius 1 is 1.00 bits per heavy atom. The number of carbonyl (C=O) groups excluding carboxylic acids is 1. The molecule has 6 nitrogen and oxygen atoms in total. The van der Waals surface area contributed by atoms with Crippen LogP contribution >= 0.6 is 0 Å². The van der Waals surface area contributed by atoms with Crippen LogP contribution in [0.3, 0.4) is 0 Å². The number of fused-ring (bicyclic) bond motifs is 1. The van der Waals surface area contributed by atoms with Gasteiger partial charge in [0.25, 0.3) is 5.91 Å². The molecular formula is C26H23N3O3. The van der Waals surface area contributed by atoms with Crippen LogP contribution in [0.1, 0.15) is 28.4 Å². The number of hydrogen-bond acceptors (Lipinski definition) is 5. The van der Waals surface area contributed by atoms with Gasteiger partial charge in [-0.3, -0.25) is 9.78 Å². The van der Waals surface area contributed by atoms with Gasteiger partial charge in [-0.05, 0) is 59.2 Å². The standard InChI is InChI=1S/C26H23N3O3/c1-2-31-25-15-19(16-28-29-26(30)21-10-6-14-27-17-21)12-13-24(25)32-18-22-9-5-8-20-7-3-4-11-23(20)22/h3-17H,2,18H2,1H3,(H,29,30)/b28-16-. The van der Waals surface area contributed by atoms with Crippen LogP contribution in [0.25, 0.3) is 10.8 Å². The van der Waals surface area contributed by atoms with Crippen LogP contribution in [-0.4, -0.2) is 23.7 Å². The highest BCUT2D eigenvalue weighted by molar-refractivity contribution is 5.94. The highest BCUT2D eigenvalue weighted by atomic mass is 16.5. The van der Waals surface area contributed by atoms with Gasteiger partial charge in [0.1, 0.15) is 6.61 Å². The number of rotatable bonds is 8. The molecule has 4 aromatic rings. The summed E-state index contributed by atoms with van der Waals surface area (Å²) >= 11 is 0. The minimum absolute atomic E-state index is 0.325. The molecule has 0 saturated carbocycles. The molecule has 1 amide bonds. The number of nitrogens with one attached hydrogen (secondary N) is 1. The summed E-state index contributed by atoms with van der Waals surface area (Å²) in [5.41, 5.74) is 4.82. The molecule has 0 saturated heterocycles. The molecule has 0 atom stereocenters. The Balaban J connectivity index is 1.46. The first-order chi connectivity index (χ1) is 15.7. The van der Waals surface area contributed by atoms with E-state index in [9.17, 15) is 4.79 Å². The first-order valence-corrected chi connectivity index (χ1v) is 10.3. The Labute approximate surface area is 186 Å². The average molecular weight is 425 g/mol. The second-order valence-electron chi connectivity index (χ2n) is 7.01. The van der Waals surface area contributed by atoms with Crippen molar-refractivity contribution in [2.24, 2.45) is 5.10 Å². The van der Waals surface area contributed by atoms with Crippen LogP contribution in [-0.2, 0) is 6.61 Å². The van der Waals surface area contributed by atoms with Crippen molar-refractivity contribution in [2.45, 2.75) is 13.5 Å². The normalized spacial score (nSPS) is 10.9. The molecule has 3 aromatic carbocycles. The smallest absolute Gasteiger partial charge is 0.272 e. The zero-order valence-corrected chi connectivity index (χ0v) is 17.7. The van der Waals surface area contributed by atoms with Crippen molar-refractivity contribution in [3.8, 4) is 11.5 Å². The lowest BCUT2D eigenvalue weighted by atomic mass is 10.1. The fraction of sp³-hybridized carbons (Fsp3) is 0.115. The number of nitrogens with zero attached hydrogens (tertiary/aromatic N) is 2. The number of aromatic nitrogens is 1. The van der Waals surface area contributed by atoms with E-state index in [1.54, 1.807) is 24.5 Å². The van der Waals surface area contributed by atoms with Crippen molar-refractivity contribution >= 4 is 22.9 Å². The van der Waals surface area contributed by atoms with Crippen molar-refractivity contribution in [2.75, 3.05) is 6.61 Å². The van der Waals surface area contributed by atoms with Gasteiger partial charge < -0.3 is 9.47 Å². The molecule has 0 aliphatic carbocycles. The van der Waals surface area contributed by atoms with Crippen LogP contribution in [0.15, 0.2) is 90.3 Å². The molecular weight excluding hydrogens is 402 g/mol. The lowest BCUT2D eigenvalue weighted by Crippen LogP contribution is -2.17. The summed E-state index contributed by atoms with van der Waals surface area (Å²) in [5, 5.41) is 6.37. The number of hydrogen-bond donors (Lipinski definition) is 1. The van der Waals surface area contributed by atoms with Gasteiger partial charge in [-0.15, -0.1) is 0 Å². The van der Waals surface area contributed by atoms with Gasteiger partial charge in [-0.25, -0.2) is 5.43 Å². The quantitative estimate of drug-likeness (QED) is 0.319. The van der Waals surface area contributed by atoms with Gasteiger partial charge in [-0.1, -0.05) is 42.5 Å². The zero-order chi connectivity index (χ0) is 22.2. The number of carbonyl (C=O) groups is 1. The van der Waals surface area contributed by atoms with Crippen molar-refractivity contribution in [3.05, 3.63) is 102 Å². The Morgan fingerprint density at radius 3 is 2.72 bits per heavy atom. The van der Waals surface area contributed by atoms with Crippen LogP contribution in [0.2, 0.25) is 0 Å². The minimum atomic E-state index is -0.325. The number of hydrazone groups is 1. The van der Waals surface area contributed by atoms with E-state index in [1.165, 1.54) is 17.0 Å². The molecule has 4 rings (SSSR count). The third kappa shape index (κ3) is 5.10. The fourth-order valence-corrected chi connectivity index (χ4v) is 3.29. The largest absolute Gasteiger partial charge is 0.490 e. The Hall–Kier alpha value is -4.19. The summed E-state index contributed by atoms with van der Waals surface area (Å²) in [6, 6.07) is 23.3. The molecule has 0 radical (unpaired) electrons. The topological polar surface area (TPSA) is 72.8 Å². The Bertz CT molecular complexity index is 1230. The third-order valence-electron chi connectivity index (χ3n) is 4.83. The molecule has 0 fully saturated rings. The molecule has 0 aliphatic heterocycles. The summed E-state index contributed by atoms with van der Waals surface area (Å²) in [7, 11) is 0. The molecule has 6 heteroatoms. The number of benzene rings is 3. The second kappa shape index (κ2) is 10.2. The summed E-state index contributed by atoms with van der Waals surface area (Å²) in [5.74, 6) is 0.945. The van der Waals surface area contributed by atoms with Crippen LogP contribution < -0.4 is 14.9 Å². The molecule has 1 N–H and O–H groups in total. The van der Waals surface area contributed by atoms with E-state index in [-0.39, 0.29) is 5.91 Å². The molecule has 0 spiro atoms. The maximum absolute atomic E-state index is 12.1. The SMILES string of the molecule is CCOc1cc(/C=N\NC(=O)c2cccnc2)ccc1OCc1cccc2ccccc12. The Morgan fingerprint density at radius 2 is 1.88 bits per heavy atom. The lowest BCUT2D eigenvalue weighted by Gasteiger charge is -2.13. The van der Waals surface area contributed by atoms with E-state index in [4.69, 9.17) is 9.47 Å². The molecule has 0 bridgehead atoms. The second-order valence-corrected chi connectivity index (χ2v) is 7.01. The first-order valence-electron chi connectivity index (χ1n) is 10.3. The summed E-state index contributed by atoms with van der Waals surface area (Å²) < 4.78 is 11.9. The number of ether oxygens (including phenoxy) is 2. The number of pyridine rings is 1. The molecule has 1 heterocycles. The van der Waals surface area contributed by atoms with Crippen molar-refractivity contribution in [1.29, 1.82) is 0 Å². The van der Waals surface area contributed by atoms with Crippen LogP contribution in [0.5, 0.6) is 11.5 Å².